The number of benzene rings is 2. The van der Waals surface area contributed by atoms with Gasteiger partial charge in [0, 0.05) is 31.3 Å². The number of rotatable bonds is 10. The van der Waals surface area contributed by atoms with Crippen LogP contribution in [0.1, 0.15) is 18.4 Å². The van der Waals surface area contributed by atoms with Crippen molar-refractivity contribution in [1.29, 1.82) is 0 Å². The number of amides is 1. The van der Waals surface area contributed by atoms with Crippen LogP contribution in [0.5, 0.6) is 5.75 Å². The van der Waals surface area contributed by atoms with E-state index < -0.39 is 0 Å². The highest BCUT2D eigenvalue weighted by molar-refractivity contribution is 6.42. The minimum Gasteiger partial charge on any atom is -0.494 e. The van der Waals surface area contributed by atoms with Crippen molar-refractivity contribution in [3.05, 3.63) is 71.0 Å². The zero-order valence-electron chi connectivity index (χ0n) is 23.9. The Balaban J connectivity index is 1.41. The maximum absolute atomic E-state index is 12.4. The van der Waals surface area contributed by atoms with E-state index in [1.165, 1.54) is 12.4 Å². The molecule has 0 saturated carbocycles. The van der Waals surface area contributed by atoms with Crippen molar-refractivity contribution in [1.82, 2.24) is 14.9 Å². The molecule has 0 radical (unpaired) electrons. The monoisotopic (exact) mass is 611 g/mol. The highest BCUT2D eigenvalue weighted by Gasteiger charge is 2.30. The normalized spacial score (nSPS) is 18.4. The Hall–Kier alpha value is -3.57. The van der Waals surface area contributed by atoms with E-state index in [0.717, 1.165) is 37.2 Å². The average molecular weight is 613 g/mol. The topological polar surface area (TPSA) is 95.1 Å². The van der Waals surface area contributed by atoms with E-state index in [2.05, 4.69) is 51.1 Å². The Morgan fingerprint density at radius 2 is 2.05 bits per heavy atom. The third-order valence-electron chi connectivity index (χ3n) is 7.64. The number of carbonyl (C=O) groups excluding carboxylic acids is 1. The lowest BCUT2D eigenvalue weighted by atomic mass is 10.0. The van der Waals surface area contributed by atoms with E-state index in [1.54, 1.807) is 18.2 Å². The van der Waals surface area contributed by atoms with Gasteiger partial charge in [-0.15, -0.1) is 0 Å². The fourth-order valence-corrected chi connectivity index (χ4v) is 5.74. The van der Waals surface area contributed by atoms with Crippen molar-refractivity contribution in [3.63, 3.8) is 0 Å². The summed E-state index contributed by atoms with van der Waals surface area (Å²) < 4.78 is 5.78. The molecule has 2 aromatic carbocycles. The summed E-state index contributed by atoms with van der Waals surface area (Å²) in [7, 11) is 5.79. The van der Waals surface area contributed by atoms with E-state index in [-0.39, 0.29) is 11.9 Å². The van der Waals surface area contributed by atoms with Gasteiger partial charge < -0.3 is 25.2 Å². The summed E-state index contributed by atoms with van der Waals surface area (Å²) in [5.41, 5.74) is 3.12. The molecule has 0 aliphatic carbocycles. The van der Waals surface area contributed by atoms with Gasteiger partial charge in [-0.1, -0.05) is 41.9 Å². The molecule has 2 saturated heterocycles. The van der Waals surface area contributed by atoms with Crippen LogP contribution in [-0.4, -0.2) is 73.8 Å². The van der Waals surface area contributed by atoms with Crippen molar-refractivity contribution in [2.24, 2.45) is 0 Å². The second-order valence-corrected chi connectivity index (χ2v) is 11.3. The number of ether oxygens (including phenoxy) is 1. The molecular formula is C30H35Cl2N7O3. The Bertz CT molecular complexity index is 1450. The number of hydroxylamine groups is 1. The van der Waals surface area contributed by atoms with Gasteiger partial charge >= 0.3 is 0 Å². The molecule has 10 nitrogen and oxygen atoms in total. The van der Waals surface area contributed by atoms with Crippen LogP contribution in [-0.2, 0) is 16.1 Å². The van der Waals surface area contributed by atoms with Gasteiger partial charge in [0.05, 0.1) is 46.9 Å². The summed E-state index contributed by atoms with van der Waals surface area (Å²) in [6.07, 6.45) is 5.22. The van der Waals surface area contributed by atoms with E-state index in [4.69, 9.17) is 32.8 Å². The number of carbonyl (C=O) groups is 1. The minimum atomic E-state index is -0.294. The fraction of sp³-hybridized carbons (Fsp3) is 0.367. The lowest BCUT2D eigenvalue weighted by Gasteiger charge is -2.26. The van der Waals surface area contributed by atoms with E-state index in [1.807, 2.05) is 30.3 Å². The van der Waals surface area contributed by atoms with Crippen molar-refractivity contribution in [3.8, 4) is 5.75 Å². The first-order chi connectivity index (χ1) is 20.3. The van der Waals surface area contributed by atoms with Crippen LogP contribution in [0.15, 0.2) is 55.4 Å². The molecule has 2 aliphatic heterocycles. The van der Waals surface area contributed by atoms with Crippen LogP contribution in [0.4, 0.5) is 28.7 Å². The quantitative estimate of drug-likeness (QED) is 0.286. The molecule has 2 N–H and O–H groups in total. The van der Waals surface area contributed by atoms with Gasteiger partial charge in [0.1, 0.15) is 17.9 Å². The SMILES string of the molecule is C=CC(=O)Nc1cc(Nc2cc(N3OCC[C@@H]3Cc3cccc(Cl)c3Cl)ncn2)c(OC)cc1N1CC[C@@H](N(C)C)C1. The van der Waals surface area contributed by atoms with Crippen molar-refractivity contribution in [2.75, 3.05) is 61.5 Å². The molecule has 12 heteroatoms. The van der Waals surface area contributed by atoms with Gasteiger partial charge in [-0.3, -0.25) is 9.63 Å². The summed E-state index contributed by atoms with van der Waals surface area (Å²) in [5, 5.41) is 9.19. The largest absolute Gasteiger partial charge is 0.494 e. The van der Waals surface area contributed by atoms with Crippen LogP contribution in [0.25, 0.3) is 0 Å². The van der Waals surface area contributed by atoms with E-state index in [0.29, 0.717) is 57.9 Å². The van der Waals surface area contributed by atoms with Crippen molar-refractivity contribution in [2.45, 2.75) is 31.3 Å². The maximum Gasteiger partial charge on any atom is 0.247 e. The first-order valence-electron chi connectivity index (χ1n) is 13.8. The molecule has 0 unspecified atom stereocenters. The first-order valence-corrected chi connectivity index (χ1v) is 14.5. The first kappa shape index (κ1) is 29.9. The molecule has 0 bridgehead atoms. The summed E-state index contributed by atoms with van der Waals surface area (Å²) in [6.45, 7) is 5.87. The fourth-order valence-electron chi connectivity index (χ4n) is 5.35. The summed E-state index contributed by atoms with van der Waals surface area (Å²) in [5.74, 6) is 1.46. The Morgan fingerprint density at radius 1 is 1.21 bits per heavy atom. The standard InChI is InChI=1S/C30H35Cl2N7O3/c1-5-29(40)36-23-14-24(26(41-4)15-25(23)38-11-9-21(17-38)37(2)3)35-27-16-28(34-18-33-27)39-20(10-12-42-39)13-19-7-6-8-22(31)30(19)32/h5-8,14-16,18,20-21H,1,9-13,17H2,2-4H3,(H,36,40)(H,33,34,35)/t20-,21-/m1/s1. The number of methoxy groups -OCH3 is 1. The molecule has 3 heterocycles. The molecule has 0 spiro atoms. The van der Waals surface area contributed by atoms with Crippen LogP contribution in [0, 0.1) is 0 Å². The zero-order chi connectivity index (χ0) is 29.8. The van der Waals surface area contributed by atoms with Crippen LogP contribution < -0.4 is 25.3 Å². The predicted molar refractivity (Wildman–Crippen MR) is 168 cm³/mol. The minimum absolute atomic E-state index is 0.0182. The van der Waals surface area contributed by atoms with E-state index >= 15 is 0 Å². The van der Waals surface area contributed by atoms with Crippen molar-refractivity contribution < 1.29 is 14.4 Å². The van der Waals surface area contributed by atoms with Gasteiger partial charge in [-0.25, -0.2) is 15.0 Å². The van der Waals surface area contributed by atoms with Crippen LogP contribution >= 0.6 is 23.2 Å². The van der Waals surface area contributed by atoms with Gasteiger partial charge in [0.2, 0.25) is 5.91 Å². The second-order valence-electron chi connectivity index (χ2n) is 10.5. The predicted octanol–water partition coefficient (Wildman–Crippen LogP) is 5.55. The van der Waals surface area contributed by atoms with E-state index in [9.17, 15) is 4.79 Å². The van der Waals surface area contributed by atoms with Crippen LogP contribution in [0.3, 0.4) is 0 Å². The molecule has 2 atom stereocenters. The summed E-state index contributed by atoms with van der Waals surface area (Å²) in [4.78, 5) is 31.7. The molecule has 1 amide bonds. The highest BCUT2D eigenvalue weighted by atomic mass is 35.5. The molecule has 2 fully saturated rings. The van der Waals surface area contributed by atoms with Crippen LogP contribution in [0.2, 0.25) is 10.0 Å². The number of nitrogens with zero attached hydrogens (tertiary/aromatic N) is 5. The molecule has 3 aromatic rings. The number of anilines is 5. The zero-order valence-corrected chi connectivity index (χ0v) is 25.5. The van der Waals surface area contributed by atoms with Gasteiger partial charge in [0.15, 0.2) is 5.82 Å². The lowest BCUT2D eigenvalue weighted by molar-refractivity contribution is -0.111. The highest BCUT2D eigenvalue weighted by Crippen LogP contribution is 2.40. The maximum atomic E-state index is 12.4. The molecule has 5 rings (SSSR count). The van der Waals surface area contributed by atoms with Gasteiger partial charge in [0.25, 0.3) is 0 Å². The lowest BCUT2D eigenvalue weighted by Crippen LogP contribution is -2.31. The average Bonchev–Trinajstić information content (AvgIpc) is 3.66. The summed E-state index contributed by atoms with van der Waals surface area (Å²) >= 11 is 12.7. The number of hydrogen-bond acceptors (Lipinski definition) is 9. The second kappa shape index (κ2) is 13.2. The smallest absolute Gasteiger partial charge is 0.247 e. The molecule has 222 valence electrons. The summed E-state index contributed by atoms with van der Waals surface area (Å²) in [6, 6.07) is 11.7. The molecular weight excluding hydrogens is 577 g/mol. The Kier molecular flexibility index (Phi) is 9.37. The third kappa shape index (κ3) is 6.57. The Morgan fingerprint density at radius 3 is 2.79 bits per heavy atom. The van der Waals surface area contributed by atoms with Crippen molar-refractivity contribution >= 4 is 57.8 Å². The number of hydrogen-bond donors (Lipinski definition) is 2. The molecule has 2 aliphatic rings. The number of nitrogens with one attached hydrogen (secondary N) is 2. The van der Waals surface area contributed by atoms with Gasteiger partial charge in [-0.05, 0) is 57.1 Å². The number of likely N-dealkylation sites (N-methyl/N-ethyl adjacent to an activating group) is 1. The van der Waals surface area contributed by atoms with Gasteiger partial charge in [-0.2, -0.15) is 0 Å². The number of halogens is 2. The third-order valence-corrected chi connectivity index (χ3v) is 8.49. The molecule has 1 aromatic heterocycles. The number of aromatic nitrogens is 2. The Labute approximate surface area is 256 Å². The molecule has 42 heavy (non-hydrogen) atoms.